The Morgan fingerprint density at radius 3 is 2.79 bits per heavy atom. The summed E-state index contributed by atoms with van der Waals surface area (Å²) in [6.07, 6.45) is 3.38. The molecule has 2 bridgehead atoms. The molecule has 4 rings (SSSR count). The highest BCUT2D eigenvalue weighted by molar-refractivity contribution is 5.78. The van der Waals surface area contributed by atoms with Gasteiger partial charge in [0.25, 0.3) is 0 Å². The predicted octanol–water partition coefficient (Wildman–Crippen LogP) is 0.831. The molecule has 4 heteroatoms. The highest BCUT2D eigenvalue weighted by Crippen LogP contribution is 2.43. The van der Waals surface area contributed by atoms with Gasteiger partial charge in [-0.3, -0.25) is 4.90 Å². The van der Waals surface area contributed by atoms with Crippen LogP contribution in [-0.2, 0) is 9.57 Å². The van der Waals surface area contributed by atoms with Crippen molar-refractivity contribution in [3.63, 3.8) is 0 Å². The van der Waals surface area contributed by atoms with Crippen LogP contribution < -0.4 is 0 Å². The number of ether oxygens (including phenoxy) is 1. The molecule has 1 spiro atoms. The van der Waals surface area contributed by atoms with E-state index in [1.54, 1.807) is 7.11 Å². The summed E-state index contributed by atoms with van der Waals surface area (Å²) in [7, 11) is 1.67. The van der Waals surface area contributed by atoms with Gasteiger partial charge in [-0.25, -0.2) is 0 Å². The Hall–Kier alpha value is -0.770. The summed E-state index contributed by atoms with van der Waals surface area (Å²) in [5.41, 5.74) is -0.0398. The molecule has 0 N–H and O–H groups in total. The summed E-state index contributed by atoms with van der Waals surface area (Å²) < 4.78 is 5.15. The van der Waals surface area contributed by atoms with Crippen molar-refractivity contribution in [1.29, 1.82) is 0 Å². The van der Waals surface area contributed by atoms with Crippen molar-refractivity contribution in [2.24, 2.45) is 11.1 Å². The molecule has 0 radical (unpaired) electrons. The van der Waals surface area contributed by atoms with Crippen molar-refractivity contribution >= 4 is 5.90 Å². The third-order valence-corrected chi connectivity index (χ3v) is 3.84. The summed E-state index contributed by atoms with van der Waals surface area (Å²) in [4.78, 5) is 8.12. The third kappa shape index (κ3) is 1.06. The second-order valence-electron chi connectivity index (χ2n) is 4.57. The van der Waals surface area contributed by atoms with E-state index in [1.807, 2.05) is 0 Å². The standard InChI is InChI=1S/C10H16N2O2/c1-13-9-6-10(14-11-9)7-12-4-2-8(10)3-5-12/h8H,2-7H2,1H3. The minimum Gasteiger partial charge on any atom is -0.482 e. The first-order valence-electron chi connectivity index (χ1n) is 5.34. The van der Waals surface area contributed by atoms with E-state index >= 15 is 0 Å². The van der Waals surface area contributed by atoms with Crippen LogP contribution in [0.25, 0.3) is 0 Å². The third-order valence-electron chi connectivity index (χ3n) is 3.84. The summed E-state index contributed by atoms with van der Waals surface area (Å²) in [6, 6.07) is 0. The molecule has 4 aliphatic heterocycles. The molecule has 1 atom stereocenters. The first-order chi connectivity index (χ1) is 6.82. The number of fused-ring (bicyclic) bond motifs is 2. The Balaban J connectivity index is 1.80. The minimum absolute atomic E-state index is 0.0398. The normalized spacial score (nSPS) is 45.1. The van der Waals surface area contributed by atoms with Crippen molar-refractivity contribution < 1.29 is 9.57 Å². The number of hydrogen-bond acceptors (Lipinski definition) is 4. The Labute approximate surface area is 83.8 Å². The minimum atomic E-state index is -0.0398. The molecular formula is C10H16N2O2. The molecule has 4 heterocycles. The van der Waals surface area contributed by atoms with Gasteiger partial charge in [0, 0.05) is 12.5 Å². The molecule has 4 aliphatic rings. The molecule has 4 nitrogen and oxygen atoms in total. The fourth-order valence-corrected chi connectivity index (χ4v) is 3.00. The molecule has 0 aromatic heterocycles. The Kier molecular flexibility index (Phi) is 1.74. The van der Waals surface area contributed by atoms with E-state index in [-0.39, 0.29) is 5.60 Å². The average molecular weight is 196 g/mol. The van der Waals surface area contributed by atoms with Crippen LogP contribution >= 0.6 is 0 Å². The van der Waals surface area contributed by atoms with Crippen LogP contribution in [0.5, 0.6) is 0 Å². The molecule has 78 valence electrons. The van der Waals surface area contributed by atoms with Crippen molar-refractivity contribution in [2.45, 2.75) is 24.9 Å². The van der Waals surface area contributed by atoms with Gasteiger partial charge in [0.05, 0.1) is 13.5 Å². The molecular weight excluding hydrogens is 180 g/mol. The molecule has 14 heavy (non-hydrogen) atoms. The lowest BCUT2D eigenvalue weighted by Crippen LogP contribution is -2.59. The van der Waals surface area contributed by atoms with Gasteiger partial charge >= 0.3 is 0 Å². The van der Waals surface area contributed by atoms with Crippen molar-refractivity contribution in [2.75, 3.05) is 26.7 Å². The summed E-state index contributed by atoms with van der Waals surface area (Å²) in [5.74, 6) is 1.45. The second-order valence-corrected chi connectivity index (χ2v) is 4.57. The SMILES string of the molecule is COC1=NOC2(C1)CN1CCC2CC1. The number of nitrogens with zero attached hydrogens (tertiary/aromatic N) is 2. The van der Waals surface area contributed by atoms with Gasteiger partial charge < -0.3 is 9.57 Å². The Bertz CT molecular complexity index is 271. The average Bonchev–Trinajstić information content (AvgIpc) is 2.63. The van der Waals surface area contributed by atoms with Crippen LogP contribution in [0.15, 0.2) is 5.16 Å². The number of rotatable bonds is 0. The molecule has 0 amide bonds. The van der Waals surface area contributed by atoms with Gasteiger partial charge in [0.2, 0.25) is 5.90 Å². The second kappa shape index (κ2) is 2.86. The fraction of sp³-hybridized carbons (Fsp3) is 0.900. The van der Waals surface area contributed by atoms with Crippen LogP contribution in [0, 0.1) is 5.92 Å². The monoisotopic (exact) mass is 196 g/mol. The Morgan fingerprint density at radius 1 is 1.50 bits per heavy atom. The maximum atomic E-state index is 5.64. The van der Waals surface area contributed by atoms with Gasteiger partial charge in [-0.15, -0.1) is 0 Å². The van der Waals surface area contributed by atoms with Gasteiger partial charge in [0.1, 0.15) is 0 Å². The molecule has 3 saturated heterocycles. The van der Waals surface area contributed by atoms with E-state index in [2.05, 4.69) is 10.1 Å². The van der Waals surface area contributed by atoms with E-state index in [1.165, 1.54) is 25.9 Å². The van der Waals surface area contributed by atoms with Crippen molar-refractivity contribution in [3.05, 3.63) is 0 Å². The van der Waals surface area contributed by atoms with E-state index in [0.717, 1.165) is 18.9 Å². The first-order valence-corrected chi connectivity index (χ1v) is 5.34. The van der Waals surface area contributed by atoms with E-state index in [9.17, 15) is 0 Å². The van der Waals surface area contributed by atoms with Crippen LogP contribution in [0.2, 0.25) is 0 Å². The maximum Gasteiger partial charge on any atom is 0.229 e. The zero-order valence-corrected chi connectivity index (χ0v) is 8.53. The molecule has 0 aromatic carbocycles. The van der Waals surface area contributed by atoms with Crippen LogP contribution in [0.3, 0.4) is 0 Å². The maximum absolute atomic E-state index is 5.64. The number of piperidine rings is 3. The highest BCUT2D eigenvalue weighted by atomic mass is 16.7. The topological polar surface area (TPSA) is 34.1 Å². The van der Waals surface area contributed by atoms with Crippen molar-refractivity contribution in [1.82, 2.24) is 4.90 Å². The van der Waals surface area contributed by atoms with Gasteiger partial charge in [0.15, 0.2) is 5.60 Å². The molecule has 1 unspecified atom stereocenters. The summed E-state index contributed by atoms with van der Waals surface area (Å²) >= 11 is 0. The molecule has 0 aliphatic carbocycles. The molecule has 0 aromatic rings. The van der Waals surface area contributed by atoms with Crippen LogP contribution in [-0.4, -0.2) is 43.1 Å². The van der Waals surface area contributed by atoms with E-state index in [4.69, 9.17) is 9.57 Å². The van der Waals surface area contributed by atoms with E-state index in [0.29, 0.717) is 5.92 Å². The van der Waals surface area contributed by atoms with E-state index < -0.39 is 0 Å². The predicted molar refractivity (Wildman–Crippen MR) is 52.0 cm³/mol. The number of hydrogen-bond donors (Lipinski definition) is 0. The Morgan fingerprint density at radius 2 is 2.29 bits per heavy atom. The largest absolute Gasteiger partial charge is 0.482 e. The van der Waals surface area contributed by atoms with Gasteiger partial charge in [-0.2, -0.15) is 0 Å². The summed E-state index contributed by atoms with van der Waals surface area (Å²) in [6.45, 7) is 3.50. The lowest BCUT2D eigenvalue weighted by atomic mass is 9.74. The van der Waals surface area contributed by atoms with Crippen molar-refractivity contribution in [3.8, 4) is 0 Å². The summed E-state index contributed by atoms with van der Waals surface area (Å²) in [5, 5.41) is 4.02. The zero-order chi connectivity index (χ0) is 9.60. The molecule has 0 saturated carbocycles. The first kappa shape index (κ1) is 8.53. The van der Waals surface area contributed by atoms with Gasteiger partial charge in [-0.05, 0) is 25.9 Å². The smallest absolute Gasteiger partial charge is 0.229 e. The lowest BCUT2D eigenvalue weighted by molar-refractivity contribution is -0.136. The quantitative estimate of drug-likeness (QED) is 0.575. The lowest BCUT2D eigenvalue weighted by Gasteiger charge is -2.49. The van der Waals surface area contributed by atoms with Crippen LogP contribution in [0.1, 0.15) is 19.3 Å². The van der Waals surface area contributed by atoms with Crippen LogP contribution in [0.4, 0.5) is 0 Å². The fourth-order valence-electron chi connectivity index (χ4n) is 3.00. The number of methoxy groups -OCH3 is 1. The molecule has 3 fully saturated rings. The highest BCUT2D eigenvalue weighted by Gasteiger charge is 2.52. The number of oxime groups is 1. The van der Waals surface area contributed by atoms with Gasteiger partial charge in [-0.1, -0.05) is 5.16 Å². The zero-order valence-electron chi connectivity index (χ0n) is 8.53.